The van der Waals surface area contributed by atoms with Crippen LogP contribution in [0.25, 0.3) is 77.2 Å². The highest BCUT2D eigenvalue weighted by Crippen LogP contribution is 2.39. The van der Waals surface area contributed by atoms with Crippen molar-refractivity contribution in [3.05, 3.63) is 194 Å². The minimum atomic E-state index is 0.446. The third kappa shape index (κ3) is 4.64. The molecule has 2 heterocycles. The van der Waals surface area contributed by atoms with Gasteiger partial charge in [0.2, 0.25) is 0 Å². The fourth-order valence-electron chi connectivity index (χ4n) is 7.99. The van der Waals surface area contributed by atoms with Gasteiger partial charge in [-0.25, -0.2) is 0 Å². The van der Waals surface area contributed by atoms with Crippen LogP contribution in [-0.4, -0.2) is 9.13 Å². The minimum absolute atomic E-state index is 0.446. The summed E-state index contributed by atoms with van der Waals surface area (Å²) in [7, 11) is 0. The molecule has 7 aromatic carbocycles. The van der Waals surface area contributed by atoms with Crippen molar-refractivity contribution in [2.45, 2.75) is 12.3 Å². The third-order valence-electron chi connectivity index (χ3n) is 10.5. The second-order valence-corrected chi connectivity index (χ2v) is 13.3. The number of hydrogen-bond acceptors (Lipinski definition) is 0. The van der Waals surface area contributed by atoms with Crippen LogP contribution in [0, 0.1) is 0 Å². The van der Waals surface area contributed by atoms with Crippen LogP contribution in [0.5, 0.6) is 0 Å². The van der Waals surface area contributed by atoms with Crippen molar-refractivity contribution >= 4 is 43.6 Å². The van der Waals surface area contributed by atoms with E-state index in [0.29, 0.717) is 5.92 Å². The molecule has 9 aromatic rings. The number of rotatable bonds is 5. The van der Waals surface area contributed by atoms with Crippen LogP contribution in [0.1, 0.15) is 17.9 Å². The number of fused-ring (bicyclic) bond motifs is 6. The van der Waals surface area contributed by atoms with Gasteiger partial charge in [0.25, 0.3) is 0 Å². The third-order valence-corrected chi connectivity index (χ3v) is 10.5. The lowest BCUT2D eigenvalue weighted by molar-refractivity contribution is 0.853. The Bertz CT molecular complexity index is 2760. The lowest BCUT2D eigenvalue weighted by Gasteiger charge is -2.15. The Morgan fingerprint density at radius 2 is 0.860 bits per heavy atom. The van der Waals surface area contributed by atoms with E-state index >= 15 is 0 Å². The van der Waals surface area contributed by atoms with E-state index in [1.807, 2.05) is 0 Å². The van der Waals surface area contributed by atoms with Crippen molar-refractivity contribution in [3.8, 4) is 33.6 Å². The summed E-state index contributed by atoms with van der Waals surface area (Å²) in [6, 6.07) is 60.1. The monoisotopic (exact) mass is 638 g/mol. The Hall–Kier alpha value is -6.38. The Morgan fingerprint density at radius 1 is 0.380 bits per heavy atom. The molecule has 0 saturated carbocycles. The highest BCUT2D eigenvalue weighted by molar-refractivity contribution is 6.12. The molecule has 50 heavy (non-hydrogen) atoms. The zero-order chi connectivity index (χ0) is 33.0. The van der Waals surface area contributed by atoms with E-state index in [4.69, 9.17) is 0 Å². The van der Waals surface area contributed by atoms with Gasteiger partial charge in [0.15, 0.2) is 0 Å². The molecule has 0 bridgehead atoms. The Labute approximate surface area is 291 Å². The van der Waals surface area contributed by atoms with Crippen molar-refractivity contribution < 1.29 is 0 Å². The zero-order valence-corrected chi connectivity index (χ0v) is 27.6. The van der Waals surface area contributed by atoms with E-state index in [2.05, 4.69) is 197 Å². The van der Waals surface area contributed by atoms with Gasteiger partial charge in [-0.2, -0.15) is 0 Å². The zero-order valence-electron chi connectivity index (χ0n) is 27.6. The predicted molar refractivity (Wildman–Crippen MR) is 212 cm³/mol. The molecule has 2 nitrogen and oxygen atoms in total. The van der Waals surface area contributed by atoms with Crippen LogP contribution in [0.15, 0.2) is 188 Å². The maximum atomic E-state index is 2.41. The summed E-state index contributed by atoms with van der Waals surface area (Å²) in [5, 5.41) is 5.06. The first kappa shape index (κ1) is 28.6. The van der Waals surface area contributed by atoms with E-state index in [-0.39, 0.29) is 0 Å². The molecule has 0 fully saturated rings. The molecule has 1 atom stereocenters. The number of aromatic nitrogens is 2. The summed E-state index contributed by atoms with van der Waals surface area (Å²) in [5.74, 6) is 0.446. The SMILES string of the molecule is C1=CCC(c2ccc(-n3c4ccccc4c4cc(-c5ccc6c(c5)c5ccccc5n6-c5ccc(-c6ccccc6)cc5)ccc43)cc2)C=C1. The molecule has 0 amide bonds. The minimum Gasteiger partial charge on any atom is -0.309 e. The number of hydrogen-bond donors (Lipinski definition) is 0. The summed E-state index contributed by atoms with van der Waals surface area (Å²) >= 11 is 0. The van der Waals surface area contributed by atoms with Gasteiger partial charge < -0.3 is 9.13 Å². The first-order valence-electron chi connectivity index (χ1n) is 17.5. The van der Waals surface area contributed by atoms with Crippen LogP contribution < -0.4 is 0 Å². The molecular weight excluding hydrogens is 605 g/mol. The maximum Gasteiger partial charge on any atom is 0.0541 e. The van der Waals surface area contributed by atoms with Crippen molar-refractivity contribution in [2.75, 3.05) is 0 Å². The molecule has 1 aliphatic rings. The molecule has 0 radical (unpaired) electrons. The molecule has 0 saturated heterocycles. The number of benzene rings is 7. The molecule has 2 aromatic heterocycles. The maximum absolute atomic E-state index is 2.41. The lowest BCUT2D eigenvalue weighted by Crippen LogP contribution is -1.98. The van der Waals surface area contributed by atoms with Crippen LogP contribution in [0.2, 0.25) is 0 Å². The quantitative estimate of drug-likeness (QED) is 0.178. The molecular formula is C48H34N2. The molecule has 1 unspecified atom stereocenters. The summed E-state index contributed by atoms with van der Waals surface area (Å²) in [5.41, 5.74) is 13.5. The second-order valence-electron chi connectivity index (χ2n) is 13.3. The summed E-state index contributed by atoms with van der Waals surface area (Å²) in [6.07, 6.45) is 9.91. The smallest absolute Gasteiger partial charge is 0.0541 e. The normalized spacial score (nSPS) is 14.4. The summed E-state index contributed by atoms with van der Waals surface area (Å²) < 4.78 is 4.81. The fraction of sp³-hybridized carbons (Fsp3) is 0.0417. The van der Waals surface area contributed by atoms with E-state index in [1.165, 1.54) is 77.1 Å². The van der Waals surface area contributed by atoms with Crippen molar-refractivity contribution in [2.24, 2.45) is 0 Å². The Balaban J connectivity index is 1.07. The van der Waals surface area contributed by atoms with Gasteiger partial charge in [0, 0.05) is 38.8 Å². The van der Waals surface area contributed by atoms with Gasteiger partial charge in [-0.3, -0.25) is 0 Å². The van der Waals surface area contributed by atoms with Crippen LogP contribution >= 0.6 is 0 Å². The molecule has 1 aliphatic carbocycles. The molecule has 2 heteroatoms. The van der Waals surface area contributed by atoms with Gasteiger partial charge in [0.1, 0.15) is 0 Å². The highest BCUT2D eigenvalue weighted by atomic mass is 15.0. The first-order chi connectivity index (χ1) is 24.8. The summed E-state index contributed by atoms with van der Waals surface area (Å²) in [6.45, 7) is 0. The first-order valence-corrected chi connectivity index (χ1v) is 17.5. The lowest BCUT2D eigenvalue weighted by atomic mass is 9.92. The number of allylic oxidation sites excluding steroid dienone is 4. The van der Waals surface area contributed by atoms with Gasteiger partial charge >= 0.3 is 0 Å². The molecule has 236 valence electrons. The Morgan fingerprint density at radius 3 is 1.42 bits per heavy atom. The van der Waals surface area contributed by atoms with Gasteiger partial charge in [-0.1, -0.05) is 127 Å². The average Bonchev–Trinajstić information content (AvgIpc) is 3.71. The Kier molecular flexibility index (Phi) is 6.67. The van der Waals surface area contributed by atoms with Gasteiger partial charge in [-0.15, -0.1) is 0 Å². The fourth-order valence-corrected chi connectivity index (χ4v) is 7.99. The van der Waals surface area contributed by atoms with Crippen molar-refractivity contribution in [1.82, 2.24) is 9.13 Å². The number of para-hydroxylation sites is 2. The summed E-state index contributed by atoms with van der Waals surface area (Å²) in [4.78, 5) is 0. The van der Waals surface area contributed by atoms with E-state index < -0.39 is 0 Å². The number of nitrogens with zero attached hydrogens (tertiary/aromatic N) is 2. The van der Waals surface area contributed by atoms with Crippen LogP contribution in [0.3, 0.4) is 0 Å². The van der Waals surface area contributed by atoms with Crippen LogP contribution in [0.4, 0.5) is 0 Å². The molecule has 10 rings (SSSR count). The van der Waals surface area contributed by atoms with Crippen LogP contribution in [-0.2, 0) is 0 Å². The molecule has 0 spiro atoms. The van der Waals surface area contributed by atoms with Gasteiger partial charge in [-0.05, 0) is 94.9 Å². The van der Waals surface area contributed by atoms with E-state index in [0.717, 1.165) is 12.1 Å². The average molecular weight is 639 g/mol. The molecule has 0 N–H and O–H groups in total. The largest absolute Gasteiger partial charge is 0.309 e. The second kappa shape index (κ2) is 11.6. The highest BCUT2D eigenvalue weighted by Gasteiger charge is 2.17. The standard InChI is InChI=1S/C48H34N2/c1-3-11-33(12-4-1)35-19-25-39(26-20-35)49-45-17-9-7-15-41(45)43-31-37(23-29-47(43)49)38-24-30-48-44(32-38)42-16-8-10-18-46(42)50(48)40-27-21-36(22-28-40)34-13-5-2-6-14-34/h1-13,15-32,34H,14H2. The van der Waals surface area contributed by atoms with E-state index in [1.54, 1.807) is 0 Å². The van der Waals surface area contributed by atoms with E-state index in [9.17, 15) is 0 Å². The molecule has 0 aliphatic heterocycles. The van der Waals surface area contributed by atoms with Crippen molar-refractivity contribution in [1.29, 1.82) is 0 Å². The topological polar surface area (TPSA) is 9.86 Å². The van der Waals surface area contributed by atoms with Crippen molar-refractivity contribution in [3.63, 3.8) is 0 Å². The predicted octanol–water partition coefficient (Wildman–Crippen LogP) is 12.8. The van der Waals surface area contributed by atoms with Gasteiger partial charge in [0.05, 0.1) is 22.1 Å².